The summed E-state index contributed by atoms with van der Waals surface area (Å²) in [5, 5.41) is 0.369. The van der Waals surface area contributed by atoms with Crippen LogP contribution in [0.3, 0.4) is 0 Å². The van der Waals surface area contributed by atoms with E-state index in [1.54, 1.807) is 12.1 Å². The molecule has 0 radical (unpaired) electrons. The Morgan fingerprint density at radius 3 is 2.65 bits per heavy atom. The monoisotopic (exact) mass is 564 g/mol. The first-order valence-electron chi connectivity index (χ1n) is 14.1. The molecule has 2 aliphatic rings. The van der Waals surface area contributed by atoms with E-state index >= 15 is 0 Å². The van der Waals surface area contributed by atoms with Crippen LogP contribution in [0, 0.1) is 18.7 Å². The molecule has 5 rings (SSSR count). The Kier molecular flexibility index (Phi) is 9.35. The van der Waals surface area contributed by atoms with Gasteiger partial charge in [-0.2, -0.15) is 0 Å². The first kappa shape index (κ1) is 28.5. The topological polar surface area (TPSA) is 48.9 Å². The zero-order chi connectivity index (χ0) is 28.1. The highest BCUT2D eigenvalue weighted by atomic mass is 35.5. The number of hydrogen-bond acceptors (Lipinski definition) is 6. The molecule has 0 aliphatic carbocycles. The Morgan fingerprint density at radius 1 is 1.12 bits per heavy atom. The van der Waals surface area contributed by atoms with Gasteiger partial charge in [0.25, 0.3) is 0 Å². The van der Waals surface area contributed by atoms with Gasteiger partial charge in [0.2, 0.25) is 5.88 Å². The summed E-state index contributed by atoms with van der Waals surface area (Å²) in [6.07, 6.45) is 3.01. The number of hydrogen-bond donors (Lipinski definition) is 0. The predicted molar refractivity (Wildman–Crippen MR) is 158 cm³/mol. The van der Waals surface area contributed by atoms with Crippen molar-refractivity contribution < 1.29 is 13.9 Å². The fourth-order valence-corrected chi connectivity index (χ4v) is 6.01. The number of pyridine rings is 1. The van der Waals surface area contributed by atoms with Crippen molar-refractivity contribution in [3.63, 3.8) is 0 Å². The fraction of sp³-hybridized carbons (Fsp3) is 0.438. The molecule has 0 spiro atoms. The van der Waals surface area contributed by atoms with E-state index in [4.69, 9.17) is 21.3 Å². The Hall–Kier alpha value is -3.00. The molecule has 6 nitrogen and oxygen atoms in total. The highest BCUT2D eigenvalue weighted by Crippen LogP contribution is 2.29. The molecule has 2 aromatic carbocycles. The number of nitrogens with zero attached hydrogens (tertiary/aromatic N) is 4. The Labute approximate surface area is 241 Å². The van der Waals surface area contributed by atoms with Crippen molar-refractivity contribution in [3.05, 3.63) is 87.8 Å². The second kappa shape index (κ2) is 13.1. The summed E-state index contributed by atoms with van der Waals surface area (Å²) >= 11 is 5.85. The fourth-order valence-electron chi connectivity index (χ4n) is 5.85. The molecule has 0 bridgehead atoms. The van der Waals surface area contributed by atoms with Crippen LogP contribution in [-0.4, -0.2) is 73.9 Å². The average molecular weight is 565 g/mol. The maximum atomic E-state index is 14.1. The Balaban J connectivity index is 1.15. The van der Waals surface area contributed by atoms with Gasteiger partial charge in [-0.05, 0) is 69.7 Å². The number of likely N-dealkylation sites (tertiary alicyclic amines) is 2. The van der Waals surface area contributed by atoms with Crippen LogP contribution in [-0.2, 0) is 6.61 Å². The number of piperidine rings is 1. The van der Waals surface area contributed by atoms with Gasteiger partial charge in [-0.25, -0.2) is 9.37 Å². The summed E-state index contributed by atoms with van der Waals surface area (Å²) in [6, 6.07) is 16.5. The van der Waals surface area contributed by atoms with Crippen LogP contribution in [0.4, 0.5) is 10.1 Å². The molecule has 0 saturated carbocycles. The van der Waals surface area contributed by atoms with Gasteiger partial charge in [0.05, 0.1) is 0 Å². The van der Waals surface area contributed by atoms with Crippen molar-refractivity contribution in [1.82, 2.24) is 14.8 Å². The minimum atomic E-state index is -0.374. The summed E-state index contributed by atoms with van der Waals surface area (Å²) in [5.41, 5.74) is 4.61. The van der Waals surface area contributed by atoms with E-state index in [2.05, 4.69) is 40.8 Å². The molecular weight excluding hydrogens is 527 g/mol. The van der Waals surface area contributed by atoms with Gasteiger partial charge in [0.15, 0.2) is 0 Å². The number of anilines is 1. The molecule has 212 valence electrons. The molecule has 0 amide bonds. The van der Waals surface area contributed by atoms with E-state index in [9.17, 15) is 9.18 Å². The predicted octanol–water partition coefficient (Wildman–Crippen LogP) is 5.82. The molecule has 2 aliphatic heterocycles. The third kappa shape index (κ3) is 7.19. The van der Waals surface area contributed by atoms with Crippen molar-refractivity contribution >= 4 is 23.6 Å². The van der Waals surface area contributed by atoms with Crippen LogP contribution in [0.5, 0.6) is 5.88 Å². The Morgan fingerprint density at radius 2 is 1.93 bits per heavy atom. The summed E-state index contributed by atoms with van der Waals surface area (Å²) in [6.45, 7) is 9.46. The molecule has 8 heteroatoms. The second-order valence-corrected chi connectivity index (χ2v) is 11.7. The lowest BCUT2D eigenvalue weighted by Gasteiger charge is -2.41. The van der Waals surface area contributed by atoms with Gasteiger partial charge in [0.1, 0.15) is 18.7 Å². The maximum absolute atomic E-state index is 14.1. The molecule has 2 saturated heterocycles. The Bertz CT molecular complexity index is 1310. The number of aldehydes is 1. The molecular formula is C32H38ClFN4O2. The third-order valence-electron chi connectivity index (χ3n) is 8.16. The summed E-state index contributed by atoms with van der Waals surface area (Å²) in [5.74, 6) is 1.17. The van der Waals surface area contributed by atoms with Gasteiger partial charge in [-0.1, -0.05) is 35.9 Å². The van der Waals surface area contributed by atoms with Crippen LogP contribution in [0.1, 0.15) is 45.9 Å². The number of aryl methyl sites for hydroxylation is 1. The molecule has 1 aromatic heterocycles. The van der Waals surface area contributed by atoms with E-state index in [-0.39, 0.29) is 12.4 Å². The number of rotatable bonds is 11. The largest absolute Gasteiger partial charge is 0.473 e. The summed E-state index contributed by atoms with van der Waals surface area (Å²) < 4.78 is 19.9. The van der Waals surface area contributed by atoms with E-state index in [0.717, 1.165) is 76.2 Å². The van der Waals surface area contributed by atoms with E-state index < -0.39 is 0 Å². The van der Waals surface area contributed by atoms with Crippen molar-refractivity contribution in [1.29, 1.82) is 0 Å². The van der Waals surface area contributed by atoms with Crippen molar-refractivity contribution in [2.45, 2.75) is 32.3 Å². The van der Waals surface area contributed by atoms with Gasteiger partial charge >= 0.3 is 0 Å². The molecule has 3 heterocycles. The molecule has 40 heavy (non-hydrogen) atoms. The zero-order valence-corrected chi connectivity index (χ0v) is 24.1. The molecule has 0 atom stereocenters. The van der Waals surface area contributed by atoms with Gasteiger partial charge in [-0.15, -0.1) is 0 Å². The van der Waals surface area contributed by atoms with Crippen molar-refractivity contribution in [2.24, 2.45) is 5.92 Å². The van der Waals surface area contributed by atoms with Crippen LogP contribution in [0.15, 0.2) is 54.6 Å². The lowest BCUT2D eigenvalue weighted by molar-refractivity contribution is 0.112. The SMILES string of the molecule is Cc1ccc(C=O)cc1N(CCN1CCC(c2cccc(OCc3ccc(Cl)cc3F)n2)CC1)CC1CN(C)C1. The maximum Gasteiger partial charge on any atom is 0.213 e. The summed E-state index contributed by atoms with van der Waals surface area (Å²) in [7, 11) is 2.17. The van der Waals surface area contributed by atoms with Gasteiger partial charge < -0.3 is 19.4 Å². The minimum Gasteiger partial charge on any atom is -0.473 e. The first-order valence-corrected chi connectivity index (χ1v) is 14.5. The smallest absolute Gasteiger partial charge is 0.213 e. The number of carbonyl (C=O) groups is 1. The highest BCUT2D eigenvalue weighted by Gasteiger charge is 2.27. The van der Waals surface area contributed by atoms with Crippen molar-refractivity contribution in [2.75, 3.05) is 57.8 Å². The number of benzene rings is 2. The molecule has 0 N–H and O–H groups in total. The van der Waals surface area contributed by atoms with E-state index in [1.807, 2.05) is 24.3 Å². The third-order valence-corrected chi connectivity index (χ3v) is 8.39. The first-order chi connectivity index (χ1) is 19.4. The average Bonchev–Trinajstić information content (AvgIpc) is 2.94. The second-order valence-electron chi connectivity index (χ2n) is 11.2. The quantitative estimate of drug-likeness (QED) is 0.273. The standard InChI is InChI=1S/C32H38ClFN4O2/c1-23-6-7-24(21-39)16-31(23)38(20-25-18-36(2)19-25)15-14-37-12-10-26(11-13-37)30-4-3-5-32(35-30)40-22-27-8-9-28(33)17-29(27)34/h3-9,16-17,21,25-26H,10-15,18-20,22H2,1-2H3. The number of ether oxygens (including phenoxy) is 1. The molecule has 3 aromatic rings. The summed E-state index contributed by atoms with van der Waals surface area (Å²) in [4.78, 5) is 23.6. The van der Waals surface area contributed by atoms with Gasteiger partial charge in [-0.3, -0.25) is 4.79 Å². The van der Waals surface area contributed by atoms with Crippen molar-refractivity contribution in [3.8, 4) is 5.88 Å². The van der Waals surface area contributed by atoms with E-state index in [1.165, 1.54) is 17.3 Å². The van der Waals surface area contributed by atoms with Gasteiger partial charge in [0, 0.05) is 78.2 Å². The van der Waals surface area contributed by atoms with Crippen LogP contribution in [0.2, 0.25) is 5.02 Å². The number of aromatic nitrogens is 1. The van der Waals surface area contributed by atoms with Crippen LogP contribution in [0.25, 0.3) is 0 Å². The molecule has 2 fully saturated rings. The molecule has 0 unspecified atom stereocenters. The van der Waals surface area contributed by atoms with E-state index in [0.29, 0.717) is 28.3 Å². The zero-order valence-electron chi connectivity index (χ0n) is 23.4. The number of halogens is 2. The lowest BCUT2D eigenvalue weighted by atomic mass is 9.93. The van der Waals surface area contributed by atoms with Crippen LogP contribution < -0.4 is 9.64 Å². The lowest BCUT2D eigenvalue weighted by Crippen LogP contribution is -2.50. The normalized spacial score (nSPS) is 17.0. The minimum absolute atomic E-state index is 0.112. The van der Waals surface area contributed by atoms with Crippen LogP contribution >= 0.6 is 11.6 Å². The number of carbonyl (C=O) groups excluding carboxylic acids is 1. The highest BCUT2D eigenvalue weighted by molar-refractivity contribution is 6.30.